The molecule has 0 spiro atoms. The van der Waals surface area contributed by atoms with Crippen molar-refractivity contribution in [2.45, 2.75) is 4.90 Å². The van der Waals surface area contributed by atoms with Crippen LogP contribution in [-0.4, -0.2) is 25.2 Å². The van der Waals surface area contributed by atoms with Crippen LogP contribution in [0.5, 0.6) is 0 Å². The Kier molecular flexibility index (Phi) is 6.75. The number of pyridine rings is 1. The molecular weight excluding hydrogens is 496 g/mol. The molecule has 2 amide bonds. The Hall–Kier alpha value is -3.57. The van der Waals surface area contributed by atoms with Gasteiger partial charge in [0.25, 0.3) is 11.8 Å². The summed E-state index contributed by atoms with van der Waals surface area (Å²) in [7, 11) is -3.91. The van der Waals surface area contributed by atoms with E-state index >= 15 is 0 Å². The van der Waals surface area contributed by atoms with E-state index in [4.69, 9.17) is 16.7 Å². The number of nitrogens with one attached hydrogen (secondary N) is 2. The second-order valence-electron chi connectivity index (χ2n) is 7.05. The van der Waals surface area contributed by atoms with Crippen LogP contribution in [0.2, 0.25) is 5.02 Å². The van der Waals surface area contributed by atoms with E-state index in [1.807, 2.05) is 0 Å². The zero-order valence-electron chi connectivity index (χ0n) is 17.4. The Morgan fingerprint density at radius 2 is 1.65 bits per heavy atom. The maximum Gasteiger partial charge on any atom is 0.259 e. The Labute approximate surface area is 204 Å². The summed E-state index contributed by atoms with van der Waals surface area (Å²) < 4.78 is 23.7. The Morgan fingerprint density at radius 1 is 0.912 bits per heavy atom. The number of rotatable bonds is 6. The van der Waals surface area contributed by atoms with E-state index in [0.29, 0.717) is 32.5 Å². The van der Waals surface area contributed by atoms with Crippen molar-refractivity contribution in [3.63, 3.8) is 0 Å². The molecule has 0 bridgehead atoms. The van der Waals surface area contributed by atoms with Crippen LogP contribution in [0, 0.1) is 0 Å². The van der Waals surface area contributed by atoms with Crippen molar-refractivity contribution in [2.24, 2.45) is 5.14 Å². The topological polar surface area (TPSA) is 131 Å². The van der Waals surface area contributed by atoms with Gasteiger partial charge >= 0.3 is 0 Å². The zero-order chi connectivity index (χ0) is 24.3. The number of aromatic nitrogens is 1. The lowest BCUT2D eigenvalue weighted by Crippen LogP contribution is -2.17. The first-order chi connectivity index (χ1) is 16.2. The molecule has 4 aromatic rings. The summed E-state index contributed by atoms with van der Waals surface area (Å²) in [5.41, 5.74) is 1.64. The van der Waals surface area contributed by atoms with Crippen molar-refractivity contribution in [3.8, 4) is 11.1 Å². The van der Waals surface area contributed by atoms with Crippen LogP contribution < -0.4 is 15.8 Å². The summed E-state index contributed by atoms with van der Waals surface area (Å²) in [6.45, 7) is 0. The summed E-state index contributed by atoms with van der Waals surface area (Å²) in [5, 5.41) is 13.2. The molecule has 0 fully saturated rings. The van der Waals surface area contributed by atoms with Gasteiger partial charge in [0.1, 0.15) is 10.8 Å². The van der Waals surface area contributed by atoms with Crippen LogP contribution in [0.3, 0.4) is 0 Å². The van der Waals surface area contributed by atoms with Gasteiger partial charge in [-0.1, -0.05) is 41.9 Å². The lowest BCUT2D eigenvalue weighted by atomic mass is 10.0. The molecule has 2 heterocycles. The van der Waals surface area contributed by atoms with Gasteiger partial charge in [-0.05, 0) is 47.3 Å². The average Bonchev–Trinajstić information content (AvgIpc) is 3.28. The second kappa shape index (κ2) is 9.74. The first kappa shape index (κ1) is 23.6. The van der Waals surface area contributed by atoms with Gasteiger partial charge in [-0.25, -0.2) is 18.5 Å². The Morgan fingerprint density at radius 3 is 2.32 bits per heavy atom. The molecule has 0 saturated heterocycles. The van der Waals surface area contributed by atoms with Gasteiger partial charge < -0.3 is 10.6 Å². The Balaban J connectivity index is 1.50. The first-order valence-corrected chi connectivity index (χ1v) is 12.6. The lowest BCUT2D eigenvalue weighted by molar-refractivity contribution is 0.102. The largest absolute Gasteiger partial charge is 0.313 e. The van der Waals surface area contributed by atoms with Gasteiger partial charge in [-0.2, -0.15) is 0 Å². The van der Waals surface area contributed by atoms with Gasteiger partial charge in [0, 0.05) is 17.3 Å². The number of anilines is 2. The SMILES string of the molecule is NS(=O)(=O)c1ccccc1-c1ccc(C(=O)Nc2sccc2C(=O)Nc2ccc(Cl)cn2)cc1. The molecule has 0 atom stereocenters. The van der Waals surface area contributed by atoms with Crippen molar-refractivity contribution in [2.75, 3.05) is 10.6 Å². The van der Waals surface area contributed by atoms with Crippen LogP contribution in [-0.2, 0) is 10.0 Å². The molecule has 0 aliphatic heterocycles. The van der Waals surface area contributed by atoms with E-state index in [2.05, 4.69) is 15.6 Å². The predicted octanol–water partition coefficient (Wildman–Crippen LogP) is 4.62. The number of halogens is 1. The molecule has 34 heavy (non-hydrogen) atoms. The number of nitrogens with zero attached hydrogens (tertiary/aromatic N) is 1. The van der Waals surface area contributed by atoms with Gasteiger partial charge in [0.15, 0.2) is 0 Å². The smallest absolute Gasteiger partial charge is 0.259 e. The minimum Gasteiger partial charge on any atom is -0.313 e. The maximum atomic E-state index is 12.8. The van der Waals surface area contributed by atoms with E-state index in [1.54, 1.807) is 66.0 Å². The third kappa shape index (κ3) is 5.32. The number of benzene rings is 2. The molecule has 0 aliphatic carbocycles. The number of amides is 2. The first-order valence-electron chi connectivity index (χ1n) is 9.76. The highest BCUT2D eigenvalue weighted by molar-refractivity contribution is 7.89. The number of nitrogens with two attached hydrogens (primary N) is 1. The molecule has 4 rings (SSSR count). The van der Waals surface area contributed by atoms with Crippen molar-refractivity contribution < 1.29 is 18.0 Å². The van der Waals surface area contributed by atoms with Crippen LogP contribution in [0.15, 0.2) is 83.2 Å². The van der Waals surface area contributed by atoms with Gasteiger partial charge in [-0.3, -0.25) is 9.59 Å². The number of thiophene rings is 1. The highest BCUT2D eigenvalue weighted by Crippen LogP contribution is 2.28. The van der Waals surface area contributed by atoms with Crippen molar-refractivity contribution in [1.82, 2.24) is 4.98 Å². The van der Waals surface area contributed by atoms with Gasteiger partial charge in [0.05, 0.1) is 15.5 Å². The molecule has 4 N–H and O–H groups in total. The standard InChI is InChI=1S/C23H17ClN4O4S2/c24-16-9-10-20(26-13-16)27-22(30)18-11-12-33-23(18)28-21(29)15-7-5-14(6-8-15)17-3-1-2-4-19(17)34(25,31)32/h1-13H,(H,28,29)(H2,25,31,32)(H,26,27,30). The van der Waals surface area contributed by atoms with Crippen LogP contribution in [0.4, 0.5) is 10.8 Å². The zero-order valence-corrected chi connectivity index (χ0v) is 19.7. The monoisotopic (exact) mass is 512 g/mol. The van der Waals surface area contributed by atoms with Gasteiger partial charge in [0.2, 0.25) is 10.0 Å². The van der Waals surface area contributed by atoms with E-state index in [9.17, 15) is 18.0 Å². The number of sulfonamides is 1. The lowest BCUT2D eigenvalue weighted by Gasteiger charge is -2.10. The maximum absolute atomic E-state index is 12.8. The molecule has 172 valence electrons. The normalized spacial score (nSPS) is 11.1. The molecule has 8 nitrogen and oxygen atoms in total. The summed E-state index contributed by atoms with van der Waals surface area (Å²) >= 11 is 7.01. The number of primary sulfonamides is 1. The summed E-state index contributed by atoms with van der Waals surface area (Å²) in [6.07, 6.45) is 1.42. The molecule has 2 aromatic heterocycles. The highest BCUT2D eigenvalue weighted by Gasteiger charge is 2.18. The second-order valence-corrected chi connectivity index (χ2v) is 9.93. The van der Waals surface area contributed by atoms with E-state index in [0.717, 1.165) is 0 Å². The minimum atomic E-state index is -3.91. The number of carbonyl (C=O) groups is 2. The fourth-order valence-corrected chi connectivity index (χ4v) is 4.80. The molecule has 0 radical (unpaired) electrons. The van der Waals surface area contributed by atoms with E-state index < -0.39 is 21.8 Å². The highest BCUT2D eigenvalue weighted by atomic mass is 35.5. The van der Waals surface area contributed by atoms with Crippen molar-refractivity contribution >= 4 is 55.6 Å². The molecular formula is C23H17ClN4O4S2. The fraction of sp³-hybridized carbons (Fsp3) is 0. The number of hydrogen-bond donors (Lipinski definition) is 3. The Bertz CT molecular complexity index is 1470. The van der Waals surface area contributed by atoms with E-state index in [1.165, 1.54) is 23.6 Å². The third-order valence-corrected chi connectivity index (χ3v) is 6.78. The predicted molar refractivity (Wildman–Crippen MR) is 133 cm³/mol. The number of carbonyl (C=O) groups excluding carboxylic acids is 2. The molecule has 2 aromatic carbocycles. The van der Waals surface area contributed by atoms with Crippen LogP contribution in [0.25, 0.3) is 11.1 Å². The van der Waals surface area contributed by atoms with Crippen molar-refractivity contribution in [3.05, 3.63) is 94.5 Å². The number of hydrogen-bond acceptors (Lipinski definition) is 6. The minimum absolute atomic E-state index is 0.00313. The third-order valence-electron chi connectivity index (χ3n) is 4.76. The fourth-order valence-electron chi connectivity index (χ4n) is 3.15. The average molecular weight is 513 g/mol. The summed E-state index contributed by atoms with van der Waals surface area (Å²) in [6, 6.07) is 17.5. The van der Waals surface area contributed by atoms with Crippen LogP contribution in [0.1, 0.15) is 20.7 Å². The van der Waals surface area contributed by atoms with Crippen LogP contribution >= 0.6 is 22.9 Å². The molecule has 0 unspecified atom stereocenters. The quantitative estimate of drug-likeness (QED) is 0.347. The molecule has 0 aliphatic rings. The molecule has 11 heteroatoms. The summed E-state index contributed by atoms with van der Waals surface area (Å²) in [4.78, 5) is 29.4. The molecule has 0 saturated carbocycles. The summed E-state index contributed by atoms with van der Waals surface area (Å²) in [5.74, 6) is -0.526. The van der Waals surface area contributed by atoms with Gasteiger partial charge in [-0.15, -0.1) is 11.3 Å². The van der Waals surface area contributed by atoms with Crippen molar-refractivity contribution in [1.29, 1.82) is 0 Å². The van der Waals surface area contributed by atoms with E-state index in [-0.39, 0.29) is 10.5 Å².